The fourth-order valence-corrected chi connectivity index (χ4v) is 1.64. The number of hydrogen-bond acceptors (Lipinski definition) is 3. The van der Waals surface area contributed by atoms with E-state index in [1.807, 2.05) is 0 Å². The van der Waals surface area contributed by atoms with Crippen molar-refractivity contribution in [3.63, 3.8) is 0 Å². The van der Waals surface area contributed by atoms with Crippen LogP contribution in [0.15, 0.2) is 0 Å². The predicted molar refractivity (Wildman–Crippen MR) is 49.2 cm³/mol. The molecule has 0 atom stereocenters. The van der Waals surface area contributed by atoms with Crippen LogP contribution in [0.4, 0.5) is 4.79 Å². The Morgan fingerprint density at radius 3 is 2.38 bits per heavy atom. The Morgan fingerprint density at radius 1 is 1.38 bits per heavy atom. The molecular formula is C7H11BrN2O3. The topological polar surface area (TPSA) is 67.4 Å². The van der Waals surface area contributed by atoms with Crippen molar-refractivity contribution in [2.24, 2.45) is 0 Å². The Hall–Kier alpha value is -0.780. The van der Waals surface area contributed by atoms with Gasteiger partial charge in [0.25, 0.3) is 5.91 Å². The molecule has 74 valence electrons. The molecule has 5 nitrogen and oxygen atoms in total. The molecule has 2 N–H and O–H groups in total. The van der Waals surface area contributed by atoms with Crippen LogP contribution in [0.2, 0.25) is 0 Å². The quantitative estimate of drug-likeness (QED) is 0.532. The normalized spacial score (nSPS) is 18.3. The van der Waals surface area contributed by atoms with Crippen LogP contribution in [-0.2, 0) is 9.53 Å². The summed E-state index contributed by atoms with van der Waals surface area (Å²) in [6.07, 6.45) is 1.93. The summed E-state index contributed by atoms with van der Waals surface area (Å²) in [6.45, 7) is 0. The summed E-state index contributed by atoms with van der Waals surface area (Å²) < 4.78 is 3.79. The maximum atomic E-state index is 11.3. The third kappa shape index (κ3) is 2.33. The molecular weight excluding hydrogens is 240 g/mol. The van der Waals surface area contributed by atoms with E-state index in [2.05, 4.69) is 31.5 Å². The van der Waals surface area contributed by atoms with Crippen molar-refractivity contribution in [1.82, 2.24) is 10.9 Å². The second-order valence-electron chi connectivity index (χ2n) is 2.89. The molecule has 0 bridgehead atoms. The van der Waals surface area contributed by atoms with Crippen LogP contribution >= 0.6 is 15.9 Å². The molecule has 2 amide bonds. The van der Waals surface area contributed by atoms with Gasteiger partial charge in [-0.25, -0.2) is 10.2 Å². The fourth-order valence-electron chi connectivity index (χ4n) is 0.985. The maximum Gasteiger partial charge on any atom is 0.425 e. The van der Waals surface area contributed by atoms with Crippen LogP contribution in [0, 0.1) is 0 Å². The number of hydrogen-bond donors (Lipinski definition) is 2. The Balaban J connectivity index is 2.29. The molecule has 0 unspecified atom stereocenters. The fraction of sp³-hybridized carbons (Fsp3) is 0.714. The first kappa shape index (κ1) is 10.3. The first-order chi connectivity index (χ1) is 6.08. The van der Waals surface area contributed by atoms with E-state index >= 15 is 0 Å². The van der Waals surface area contributed by atoms with Crippen LogP contribution < -0.4 is 10.9 Å². The minimum atomic E-state index is -0.677. The number of alkyl halides is 1. The number of halogens is 1. The highest BCUT2D eigenvalue weighted by molar-refractivity contribution is 9.10. The third-order valence-electron chi connectivity index (χ3n) is 2.02. The van der Waals surface area contributed by atoms with Crippen LogP contribution in [0.5, 0.6) is 0 Å². The summed E-state index contributed by atoms with van der Waals surface area (Å²) in [7, 11) is 1.23. The lowest BCUT2D eigenvalue weighted by molar-refractivity contribution is -0.126. The summed E-state index contributed by atoms with van der Waals surface area (Å²) in [6, 6.07) is 0. The van der Waals surface area contributed by atoms with Gasteiger partial charge in [0, 0.05) is 0 Å². The summed E-state index contributed by atoms with van der Waals surface area (Å²) in [4.78, 5) is 21.9. The van der Waals surface area contributed by atoms with Crippen molar-refractivity contribution in [2.45, 2.75) is 23.6 Å². The molecule has 13 heavy (non-hydrogen) atoms. The van der Waals surface area contributed by atoms with Gasteiger partial charge >= 0.3 is 6.09 Å². The third-order valence-corrected chi connectivity index (χ3v) is 3.17. The molecule has 0 aliphatic heterocycles. The van der Waals surface area contributed by atoms with Gasteiger partial charge in [0.15, 0.2) is 0 Å². The van der Waals surface area contributed by atoms with Gasteiger partial charge in [0.05, 0.1) is 7.11 Å². The first-order valence-corrected chi connectivity index (χ1v) is 4.71. The second-order valence-corrected chi connectivity index (χ2v) is 4.41. The van der Waals surface area contributed by atoms with Gasteiger partial charge in [0.1, 0.15) is 4.32 Å². The lowest BCUT2D eigenvalue weighted by Crippen LogP contribution is -2.53. The van der Waals surface area contributed by atoms with Crippen molar-refractivity contribution >= 4 is 27.9 Å². The van der Waals surface area contributed by atoms with Gasteiger partial charge in [-0.3, -0.25) is 10.2 Å². The lowest BCUT2D eigenvalue weighted by Gasteiger charge is -2.34. The van der Waals surface area contributed by atoms with E-state index in [-0.39, 0.29) is 5.91 Å². The van der Waals surface area contributed by atoms with E-state index in [1.165, 1.54) is 7.11 Å². The van der Waals surface area contributed by atoms with Gasteiger partial charge < -0.3 is 4.74 Å². The van der Waals surface area contributed by atoms with Crippen LogP contribution in [0.1, 0.15) is 19.3 Å². The van der Waals surface area contributed by atoms with Gasteiger partial charge in [-0.05, 0) is 19.3 Å². The van der Waals surface area contributed by atoms with Crippen molar-refractivity contribution < 1.29 is 14.3 Å². The average Bonchev–Trinajstić information content (AvgIpc) is 2.09. The predicted octanol–water partition coefficient (Wildman–Crippen LogP) is 0.691. The number of ether oxygens (including phenoxy) is 1. The molecule has 1 fully saturated rings. The SMILES string of the molecule is COC(=O)NNC(=O)C1(Br)CCC1. The Labute approximate surface area is 84.3 Å². The van der Waals surface area contributed by atoms with E-state index in [4.69, 9.17) is 0 Å². The molecule has 6 heteroatoms. The molecule has 1 saturated carbocycles. The minimum absolute atomic E-state index is 0.232. The Kier molecular flexibility index (Phi) is 3.13. The van der Waals surface area contributed by atoms with Crippen molar-refractivity contribution in [1.29, 1.82) is 0 Å². The van der Waals surface area contributed by atoms with Crippen molar-refractivity contribution in [2.75, 3.05) is 7.11 Å². The number of carbonyl (C=O) groups is 2. The van der Waals surface area contributed by atoms with Gasteiger partial charge in [0.2, 0.25) is 0 Å². The highest BCUT2D eigenvalue weighted by atomic mass is 79.9. The van der Waals surface area contributed by atoms with E-state index in [1.54, 1.807) is 0 Å². The van der Waals surface area contributed by atoms with Crippen molar-refractivity contribution in [3.8, 4) is 0 Å². The van der Waals surface area contributed by atoms with E-state index in [0.717, 1.165) is 19.3 Å². The minimum Gasteiger partial charge on any atom is -0.452 e. The zero-order valence-electron chi connectivity index (χ0n) is 7.22. The molecule has 0 saturated heterocycles. The largest absolute Gasteiger partial charge is 0.452 e. The standard InChI is InChI=1S/C7H11BrN2O3/c1-13-6(12)10-9-5(11)7(8)3-2-4-7/h2-4H2,1H3,(H,9,11)(H,10,12). The molecule has 0 aromatic heterocycles. The lowest BCUT2D eigenvalue weighted by atomic mass is 9.84. The van der Waals surface area contributed by atoms with Crippen LogP contribution in [-0.4, -0.2) is 23.4 Å². The number of carbonyl (C=O) groups excluding carboxylic acids is 2. The van der Waals surface area contributed by atoms with Gasteiger partial charge in [-0.1, -0.05) is 15.9 Å². The number of hydrazine groups is 1. The Morgan fingerprint density at radius 2 is 2.00 bits per heavy atom. The number of amides is 2. The monoisotopic (exact) mass is 250 g/mol. The van der Waals surface area contributed by atoms with Gasteiger partial charge in [-0.15, -0.1) is 0 Å². The summed E-state index contributed by atoms with van der Waals surface area (Å²) in [5.41, 5.74) is 4.38. The van der Waals surface area contributed by atoms with E-state index in [0.29, 0.717) is 0 Å². The summed E-state index contributed by atoms with van der Waals surface area (Å²) in [5, 5.41) is 0. The van der Waals surface area contributed by atoms with E-state index < -0.39 is 10.4 Å². The Bertz CT molecular complexity index is 228. The zero-order chi connectivity index (χ0) is 9.90. The average molecular weight is 251 g/mol. The molecule has 0 aromatic carbocycles. The maximum absolute atomic E-state index is 11.3. The second kappa shape index (κ2) is 3.95. The van der Waals surface area contributed by atoms with Crippen LogP contribution in [0.25, 0.3) is 0 Å². The molecule has 1 aliphatic carbocycles. The first-order valence-electron chi connectivity index (χ1n) is 3.92. The zero-order valence-corrected chi connectivity index (χ0v) is 8.81. The molecule has 1 rings (SSSR count). The summed E-state index contributed by atoms with van der Waals surface area (Å²) >= 11 is 3.30. The molecule has 0 aromatic rings. The number of nitrogens with one attached hydrogen (secondary N) is 2. The molecule has 1 aliphatic rings. The smallest absolute Gasteiger partial charge is 0.425 e. The molecule has 0 heterocycles. The number of methoxy groups -OCH3 is 1. The van der Waals surface area contributed by atoms with E-state index in [9.17, 15) is 9.59 Å². The highest BCUT2D eigenvalue weighted by Crippen LogP contribution is 2.39. The highest BCUT2D eigenvalue weighted by Gasteiger charge is 2.41. The molecule has 0 spiro atoms. The number of rotatable bonds is 1. The van der Waals surface area contributed by atoms with Crippen molar-refractivity contribution in [3.05, 3.63) is 0 Å². The molecule has 0 radical (unpaired) electrons. The summed E-state index contributed by atoms with van der Waals surface area (Å²) in [5.74, 6) is -0.232. The van der Waals surface area contributed by atoms with Gasteiger partial charge in [-0.2, -0.15) is 0 Å². The van der Waals surface area contributed by atoms with Crippen LogP contribution in [0.3, 0.4) is 0 Å².